The molecule has 0 N–H and O–H groups in total. The van der Waals surface area contributed by atoms with Crippen molar-refractivity contribution in [2.45, 2.75) is 32.7 Å². The molecular weight excluding hydrogens is 509 g/mol. The summed E-state index contributed by atoms with van der Waals surface area (Å²) >= 11 is 13.2. The topological polar surface area (TPSA) is 84.0 Å². The van der Waals surface area contributed by atoms with Crippen molar-refractivity contribution < 1.29 is 9.53 Å². The summed E-state index contributed by atoms with van der Waals surface area (Å²) in [6.07, 6.45) is 1.50. The molecule has 9 heteroatoms. The molecule has 0 bridgehead atoms. The summed E-state index contributed by atoms with van der Waals surface area (Å²) in [6.45, 7) is 6.09. The third-order valence-electron chi connectivity index (χ3n) is 7.02. The van der Waals surface area contributed by atoms with E-state index in [1.807, 2.05) is 42.2 Å². The van der Waals surface area contributed by atoms with E-state index in [1.165, 1.54) is 13.3 Å². The van der Waals surface area contributed by atoms with Crippen LogP contribution in [0.5, 0.6) is 5.75 Å². The van der Waals surface area contributed by atoms with E-state index < -0.39 is 6.04 Å². The summed E-state index contributed by atoms with van der Waals surface area (Å²) in [5, 5.41) is 15.5. The van der Waals surface area contributed by atoms with Crippen LogP contribution in [0.1, 0.15) is 64.4 Å². The van der Waals surface area contributed by atoms with Crippen molar-refractivity contribution in [1.29, 1.82) is 5.26 Å². The molecule has 1 amide bonds. The normalized spacial score (nSPS) is 15.2. The fraction of sp³-hybridized carbons (Fsp3) is 0.214. The largest absolute Gasteiger partial charge is 0.493 e. The van der Waals surface area contributed by atoms with Crippen LogP contribution in [-0.2, 0) is 0 Å². The van der Waals surface area contributed by atoms with E-state index in [4.69, 9.17) is 33.0 Å². The number of ether oxygens (including phenoxy) is 1. The van der Waals surface area contributed by atoms with Crippen LogP contribution in [0, 0.1) is 18.3 Å². The van der Waals surface area contributed by atoms with Crippen molar-refractivity contribution in [3.8, 4) is 28.6 Å². The molecule has 4 aromatic rings. The quantitative estimate of drug-likeness (QED) is 0.297. The highest BCUT2D eigenvalue weighted by atomic mass is 35.5. The average Bonchev–Trinajstić information content (AvgIpc) is 3.41. The molecule has 0 spiro atoms. The van der Waals surface area contributed by atoms with Crippen LogP contribution in [0.4, 0.5) is 5.69 Å². The molecule has 0 saturated carbocycles. The number of amides is 1. The minimum Gasteiger partial charge on any atom is -0.493 e. The number of carbonyl (C=O) groups is 1. The minimum atomic E-state index is -0.408. The van der Waals surface area contributed by atoms with Gasteiger partial charge in [0.1, 0.15) is 17.5 Å². The van der Waals surface area contributed by atoms with E-state index >= 15 is 0 Å². The van der Waals surface area contributed by atoms with Gasteiger partial charge in [-0.25, -0.2) is 9.67 Å². The zero-order valence-electron chi connectivity index (χ0n) is 20.5. The fourth-order valence-corrected chi connectivity index (χ4v) is 5.96. The van der Waals surface area contributed by atoms with Gasteiger partial charge >= 0.3 is 0 Å². The van der Waals surface area contributed by atoms with Gasteiger partial charge in [0.15, 0.2) is 11.4 Å². The predicted molar refractivity (Wildman–Crippen MR) is 142 cm³/mol. The first-order chi connectivity index (χ1) is 17.8. The smallest absolute Gasteiger partial charge is 0.280 e. The monoisotopic (exact) mass is 529 g/mol. The number of pyridine rings is 1. The van der Waals surface area contributed by atoms with Crippen molar-refractivity contribution in [3.05, 3.63) is 86.4 Å². The number of hydrogen-bond acceptors (Lipinski definition) is 5. The number of halogens is 2. The van der Waals surface area contributed by atoms with Crippen molar-refractivity contribution in [2.75, 3.05) is 12.0 Å². The van der Waals surface area contributed by atoms with Gasteiger partial charge in [-0.1, -0.05) is 49.2 Å². The molecule has 184 valence electrons. The Balaban J connectivity index is 1.69. The van der Waals surface area contributed by atoms with Gasteiger partial charge in [0.05, 0.1) is 35.8 Å². The lowest BCUT2D eigenvalue weighted by atomic mass is 9.84. The first-order valence-corrected chi connectivity index (χ1v) is 12.5. The Morgan fingerprint density at radius 3 is 2.65 bits per heavy atom. The number of rotatable bonds is 3. The molecule has 0 saturated heterocycles. The van der Waals surface area contributed by atoms with Gasteiger partial charge in [0.2, 0.25) is 0 Å². The van der Waals surface area contributed by atoms with Gasteiger partial charge in [0.25, 0.3) is 5.91 Å². The predicted octanol–water partition coefficient (Wildman–Crippen LogP) is 6.62. The number of hydrogen-bond donors (Lipinski definition) is 0. The maximum atomic E-state index is 14.1. The summed E-state index contributed by atoms with van der Waals surface area (Å²) in [6, 6.07) is 12.8. The van der Waals surface area contributed by atoms with Crippen LogP contribution in [0.15, 0.2) is 42.6 Å². The molecular formula is C28H21Cl2N5O2. The zero-order valence-corrected chi connectivity index (χ0v) is 22.0. The second-order valence-electron chi connectivity index (χ2n) is 9.46. The fourth-order valence-electron chi connectivity index (χ4n) is 5.53. The summed E-state index contributed by atoms with van der Waals surface area (Å²) in [5.41, 5.74) is 7.14. The molecule has 2 aromatic heterocycles. The highest BCUT2D eigenvalue weighted by Gasteiger charge is 2.49. The molecule has 2 aliphatic rings. The number of aryl methyl sites for hydroxylation is 1. The van der Waals surface area contributed by atoms with Crippen molar-refractivity contribution >= 4 is 34.8 Å². The molecule has 37 heavy (non-hydrogen) atoms. The van der Waals surface area contributed by atoms with E-state index in [0.29, 0.717) is 27.2 Å². The Labute approximate surface area is 223 Å². The number of carbonyl (C=O) groups excluding carboxylic acids is 1. The maximum absolute atomic E-state index is 14.1. The molecule has 2 aromatic carbocycles. The van der Waals surface area contributed by atoms with Gasteiger partial charge in [-0.05, 0) is 47.7 Å². The van der Waals surface area contributed by atoms with E-state index in [9.17, 15) is 10.1 Å². The van der Waals surface area contributed by atoms with Gasteiger partial charge < -0.3 is 4.74 Å². The average molecular weight is 530 g/mol. The number of anilines is 1. The minimum absolute atomic E-state index is 0.00925. The summed E-state index contributed by atoms with van der Waals surface area (Å²) in [4.78, 5) is 20.1. The first-order valence-electron chi connectivity index (χ1n) is 11.8. The molecule has 0 fully saturated rings. The van der Waals surface area contributed by atoms with E-state index in [1.54, 1.807) is 10.7 Å². The summed E-state index contributed by atoms with van der Waals surface area (Å²) < 4.78 is 7.28. The van der Waals surface area contributed by atoms with Crippen LogP contribution in [0.2, 0.25) is 10.0 Å². The summed E-state index contributed by atoms with van der Waals surface area (Å²) in [5.74, 6) is 0.238. The molecule has 0 aliphatic carbocycles. The second kappa shape index (κ2) is 8.34. The first kappa shape index (κ1) is 23.5. The van der Waals surface area contributed by atoms with Gasteiger partial charge in [-0.2, -0.15) is 10.4 Å². The number of methoxy groups -OCH3 is 1. The number of benzene rings is 2. The van der Waals surface area contributed by atoms with E-state index in [-0.39, 0.29) is 17.5 Å². The van der Waals surface area contributed by atoms with Crippen molar-refractivity contribution in [1.82, 2.24) is 14.8 Å². The van der Waals surface area contributed by atoms with Crippen molar-refractivity contribution in [3.63, 3.8) is 0 Å². The van der Waals surface area contributed by atoms with Crippen LogP contribution >= 0.6 is 23.2 Å². The van der Waals surface area contributed by atoms with Crippen LogP contribution < -0.4 is 9.64 Å². The molecule has 7 nitrogen and oxygen atoms in total. The van der Waals surface area contributed by atoms with Gasteiger partial charge in [-0.15, -0.1) is 0 Å². The molecule has 2 aliphatic heterocycles. The number of nitrogens with zero attached hydrogens (tertiary/aromatic N) is 5. The zero-order chi connectivity index (χ0) is 26.2. The highest BCUT2D eigenvalue weighted by molar-refractivity contribution is 6.35. The Hall–Kier alpha value is -3.86. The van der Waals surface area contributed by atoms with Crippen LogP contribution in [0.3, 0.4) is 0 Å². The Bertz CT molecular complexity index is 1690. The van der Waals surface area contributed by atoms with Crippen LogP contribution in [0.25, 0.3) is 16.8 Å². The number of nitriles is 1. The van der Waals surface area contributed by atoms with E-state index in [0.717, 1.165) is 39.2 Å². The highest BCUT2D eigenvalue weighted by Crippen LogP contribution is 2.56. The third-order valence-corrected chi connectivity index (χ3v) is 7.57. The van der Waals surface area contributed by atoms with Crippen LogP contribution in [-0.4, -0.2) is 27.8 Å². The standard InChI is InChI=1S/C28H21Cl2N5O2/c1-13(2)25-23-24(33-35(25)20-10-16(11-31)32-12-21(20)37-4)28(36)34-26-14(3)5-8-19(30)22(26)18-9-15(29)6-7-17(18)27(23)34/h5-10,12-13,27H,1-4H3. The Morgan fingerprint density at radius 1 is 1.16 bits per heavy atom. The molecule has 6 rings (SSSR count). The number of fused-ring (bicyclic) bond motifs is 8. The molecule has 4 heterocycles. The molecule has 0 radical (unpaired) electrons. The lowest BCUT2D eigenvalue weighted by Gasteiger charge is -2.36. The van der Waals surface area contributed by atoms with Gasteiger partial charge in [-0.3, -0.25) is 9.69 Å². The summed E-state index contributed by atoms with van der Waals surface area (Å²) in [7, 11) is 1.54. The third kappa shape index (κ3) is 3.23. The van der Waals surface area contributed by atoms with E-state index in [2.05, 4.69) is 24.9 Å². The Kier molecular flexibility index (Phi) is 5.30. The Morgan fingerprint density at radius 2 is 1.95 bits per heavy atom. The maximum Gasteiger partial charge on any atom is 0.280 e. The lowest BCUT2D eigenvalue weighted by molar-refractivity contribution is 0.0988. The number of aromatic nitrogens is 3. The second-order valence-corrected chi connectivity index (χ2v) is 10.3. The molecule has 1 atom stereocenters. The van der Waals surface area contributed by atoms with Crippen molar-refractivity contribution in [2.24, 2.45) is 0 Å². The molecule has 1 unspecified atom stereocenters. The SMILES string of the molecule is COc1cnc(C#N)cc1-n1nc2c(c1C(C)C)C1c3ccc(Cl)cc3-c3c(Cl)ccc(C)c3N1C2=O. The van der Waals surface area contributed by atoms with Gasteiger partial charge in [0, 0.05) is 22.2 Å². The lowest BCUT2D eigenvalue weighted by Crippen LogP contribution is -2.34.